The zero-order valence-corrected chi connectivity index (χ0v) is 9.27. The van der Waals surface area contributed by atoms with Crippen molar-refractivity contribution in [3.8, 4) is 0 Å². The molecule has 4 nitrogen and oxygen atoms in total. The molecule has 0 aliphatic carbocycles. The largest absolute Gasteiger partial charge is 0.465 e. The molecule has 2 atom stereocenters. The Kier molecular flexibility index (Phi) is 3.54. The van der Waals surface area contributed by atoms with Gasteiger partial charge < -0.3 is 4.74 Å². The van der Waals surface area contributed by atoms with Gasteiger partial charge in [0.05, 0.1) is 6.61 Å². The Bertz CT molecular complexity index is 353. The SMILES string of the molecule is CCOC(=O)C1CC(c2ccccc2)NN1. The molecule has 0 amide bonds. The summed E-state index contributed by atoms with van der Waals surface area (Å²) >= 11 is 0. The predicted molar refractivity (Wildman–Crippen MR) is 60.5 cm³/mol. The van der Waals surface area contributed by atoms with Gasteiger partial charge in [-0.05, 0) is 18.9 Å². The number of ether oxygens (including phenoxy) is 1. The van der Waals surface area contributed by atoms with Gasteiger partial charge in [-0.3, -0.25) is 4.79 Å². The summed E-state index contributed by atoms with van der Waals surface area (Å²) in [7, 11) is 0. The van der Waals surface area contributed by atoms with Gasteiger partial charge in [-0.2, -0.15) is 0 Å². The quantitative estimate of drug-likeness (QED) is 0.750. The molecular formula is C12H16N2O2. The zero-order valence-electron chi connectivity index (χ0n) is 9.27. The fourth-order valence-electron chi connectivity index (χ4n) is 1.86. The average Bonchev–Trinajstić information content (AvgIpc) is 2.80. The number of carbonyl (C=O) groups is 1. The second kappa shape index (κ2) is 5.09. The second-order valence-electron chi connectivity index (χ2n) is 3.79. The van der Waals surface area contributed by atoms with Crippen LogP contribution in [0, 0.1) is 0 Å². The summed E-state index contributed by atoms with van der Waals surface area (Å²) in [5, 5.41) is 0. The minimum Gasteiger partial charge on any atom is -0.465 e. The molecule has 2 rings (SSSR count). The molecule has 0 saturated carbocycles. The van der Waals surface area contributed by atoms with E-state index in [-0.39, 0.29) is 18.1 Å². The third-order valence-corrected chi connectivity index (χ3v) is 2.68. The summed E-state index contributed by atoms with van der Waals surface area (Å²) < 4.78 is 4.97. The molecule has 16 heavy (non-hydrogen) atoms. The van der Waals surface area contributed by atoms with Gasteiger partial charge in [0.15, 0.2) is 0 Å². The first-order valence-corrected chi connectivity index (χ1v) is 5.54. The standard InChI is InChI=1S/C12H16N2O2/c1-2-16-12(15)11-8-10(13-14-11)9-6-4-3-5-7-9/h3-7,10-11,13-14H,2,8H2,1H3. The van der Waals surface area contributed by atoms with Crippen molar-refractivity contribution in [2.75, 3.05) is 6.61 Å². The Morgan fingerprint density at radius 3 is 2.81 bits per heavy atom. The molecule has 1 aromatic rings. The van der Waals surface area contributed by atoms with E-state index in [1.54, 1.807) is 0 Å². The molecule has 1 aromatic carbocycles. The fraction of sp³-hybridized carbons (Fsp3) is 0.417. The van der Waals surface area contributed by atoms with E-state index in [4.69, 9.17) is 4.74 Å². The van der Waals surface area contributed by atoms with Gasteiger partial charge in [-0.15, -0.1) is 0 Å². The number of hydrogen-bond acceptors (Lipinski definition) is 4. The van der Waals surface area contributed by atoms with Crippen molar-refractivity contribution in [2.45, 2.75) is 25.4 Å². The van der Waals surface area contributed by atoms with Gasteiger partial charge in [0.2, 0.25) is 0 Å². The molecule has 1 fully saturated rings. The lowest BCUT2D eigenvalue weighted by Crippen LogP contribution is -2.37. The van der Waals surface area contributed by atoms with E-state index in [2.05, 4.69) is 10.9 Å². The van der Waals surface area contributed by atoms with Crippen molar-refractivity contribution < 1.29 is 9.53 Å². The van der Waals surface area contributed by atoms with Crippen molar-refractivity contribution >= 4 is 5.97 Å². The van der Waals surface area contributed by atoms with Crippen LogP contribution >= 0.6 is 0 Å². The van der Waals surface area contributed by atoms with E-state index in [0.717, 1.165) is 6.42 Å². The second-order valence-corrected chi connectivity index (χ2v) is 3.79. The molecule has 86 valence electrons. The fourth-order valence-corrected chi connectivity index (χ4v) is 1.86. The predicted octanol–water partition coefficient (Wildman–Crippen LogP) is 1.16. The number of hydrazine groups is 1. The molecule has 2 N–H and O–H groups in total. The smallest absolute Gasteiger partial charge is 0.324 e. The molecule has 2 unspecified atom stereocenters. The molecule has 4 heteroatoms. The lowest BCUT2D eigenvalue weighted by atomic mass is 10.0. The molecule has 1 heterocycles. The third kappa shape index (κ3) is 2.40. The number of rotatable bonds is 3. The van der Waals surface area contributed by atoms with Crippen LogP contribution < -0.4 is 10.9 Å². The van der Waals surface area contributed by atoms with E-state index >= 15 is 0 Å². The number of esters is 1. The van der Waals surface area contributed by atoms with Crippen LogP contribution in [0.15, 0.2) is 30.3 Å². The topological polar surface area (TPSA) is 50.4 Å². The minimum absolute atomic E-state index is 0.176. The van der Waals surface area contributed by atoms with E-state index in [0.29, 0.717) is 6.61 Å². The summed E-state index contributed by atoms with van der Waals surface area (Å²) in [6.45, 7) is 2.24. The van der Waals surface area contributed by atoms with Gasteiger partial charge in [0, 0.05) is 6.04 Å². The van der Waals surface area contributed by atoms with Crippen LogP contribution in [0.3, 0.4) is 0 Å². The molecule has 1 saturated heterocycles. The Hall–Kier alpha value is -1.39. The lowest BCUT2D eigenvalue weighted by molar-refractivity contribution is -0.145. The highest BCUT2D eigenvalue weighted by molar-refractivity contribution is 5.76. The monoisotopic (exact) mass is 220 g/mol. The highest BCUT2D eigenvalue weighted by Crippen LogP contribution is 2.22. The molecule has 1 aliphatic heterocycles. The summed E-state index contributed by atoms with van der Waals surface area (Å²) in [5.74, 6) is -0.187. The molecular weight excluding hydrogens is 204 g/mol. The summed E-state index contributed by atoms with van der Waals surface area (Å²) in [5.41, 5.74) is 7.26. The van der Waals surface area contributed by atoms with Crippen LogP contribution in [0.1, 0.15) is 24.9 Å². The highest BCUT2D eigenvalue weighted by atomic mass is 16.5. The van der Waals surface area contributed by atoms with Crippen molar-refractivity contribution in [3.05, 3.63) is 35.9 Å². The summed E-state index contributed by atoms with van der Waals surface area (Å²) in [6.07, 6.45) is 0.725. The Morgan fingerprint density at radius 2 is 2.12 bits per heavy atom. The maximum atomic E-state index is 11.5. The molecule has 0 bridgehead atoms. The van der Waals surface area contributed by atoms with Crippen LogP contribution in [-0.4, -0.2) is 18.6 Å². The molecule has 0 radical (unpaired) electrons. The van der Waals surface area contributed by atoms with Gasteiger partial charge >= 0.3 is 5.97 Å². The van der Waals surface area contributed by atoms with E-state index in [1.165, 1.54) is 5.56 Å². The highest BCUT2D eigenvalue weighted by Gasteiger charge is 2.30. The third-order valence-electron chi connectivity index (χ3n) is 2.68. The Morgan fingerprint density at radius 1 is 1.38 bits per heavy atom. The van der Waals surface area contributed by atoms with Gasteiger partial charge in [-0.25, -0.2) is 10.9 Å². The van der Waals surface area contributed by atoms with Crippen molar-refractivity contribution in [3.63, 3.8) is 0 Å². The van der Waals surface area contributed by atoms with Gasteiger partial charge in [0.1, 0.15) is 6.04 Å². The first-order chi connectivity index (χ1) is 7.81. The van der Waals surface area contributed by atoms with Crippen LogP contribution in [0.5, 0.6) is 0 Å². The number of benzene rings is 1. The maximum Gasteiger partial charge on any atom is 0.324 e. The zero-order chi connectivity index (χ0) is 11.4. The number of nitrogens with one attached hydrogen (secondary N) is 2. The van der Waals surface area contributed by atoms with Crippen LogP contribution in [0.25, 0.3) is 0 Å². The molecule has 0 aromatic heterocycles. The van der Waals surface area contributed by atoms with E-state index in [1.807, 2.05) is 37.3 Å². The first-order valence-electron chi connectivity index (χ1n) is 5.54. The maximum absolute atomic E-state index is 11.5. The van der Waals surface area contributed by atoms with Gasteiger partial charge in [-0.1, -0.05) is 30.3 Å². The van der Waals surface area contributed by atoms with Crippen molar-refractivity contribution in [2.24, 2.45) is 0 Å². The normalized spacial score (nSPS) is 24.3. The van der Waals surface area contributed by atoms with Crippen LogP contribution in [0.4, 0.5) is 0 Å². The van der Waals surface area contributed by atoms with Crippen LogP contribution in [0.2, 0.25) is 0 Å². The van der Waals surface area contributed by atoms with Crippen molar-refractivity contribution in [1.29, 1.82) is 0 Å². The lowest BCUT2D eigenvalue weighted by Gasteiger charge is -2.08. The minimum atomic E-state index is -0.245. The Labute approximate surface area is 95.0 Å². The van der Waals surface area contributed by atoms with E-state index in [9.17, 15) is 4.79 Å². The number of hydrogen-bond donors (Lipinski definition) is 2. The molecule has 1 aliphatic rings. The summed E-state index contributed by atoms with van der Waals surface area (Å²) in [4.78, 5) is 11.5. The van der Waals surface area contributed by atoms with E-state index < -0.39 is 0 Å². The van der Waals surface area contributed by atoms with Crippen LogP contribution in [-0.2, 0) is 9.53 Å². The van der Waals surface area contributed by atoms with Crippen molar-refractivity contribution in [1.82, 2.24) is 10.9 Å². The Balaban J connectivity index is 1.96. The average molecular weight is 220 g/mol. The first kappa shape index (κ1) is 11.1. The molecule has 0 spiro atoms. The van der Waals surface area contributed by atoms with Gasteiger partial charge in [0.25, 0.3) is 0 Å². The number of carbonyl (C=O) groups excluding carboxylic acids is 1. The summed E-state index contributed by atoms with van der Waals surface area (Å²) in [6, 6.07) is 10.00.